The molecular formula is C20H20FN5O2. The van der Waals surface area contributed by atoms with Gasteiger partial charge in [-0.3, -0.25) is 14.6 Å². The number of rotatable bonds is 3. The molecule has 0 spiro atoms. The van der Waals surface area contributed by atoms with E-state index >= 15 is 0 Å². The molecule has 7 nitrogen and oxygen atoms in total. The van der Waals surface area contributed by atoms with Crippen molar-refractivity contribution in [2.45, 2.75) is 6.42 Å². The van der Waals surface area contributed by atoms with Gasteiger partial charge in [0.05, 0.1) is 23.7 Å². The SMILES string of the molecule is Cn1c(=O)c(N2CCN(C(=O)Cc3ccccc3F)CC2)nc2ccncc21. The number of anilines is 1. The van der Waals surface area contributed by atoms with Gasteiger partial charge in [0.25, 0.3) is 5.56 Å². The van der Waals surface area contributed by atoms with Gasteiger partial charge >= 0.3 is 0 Å². The largest absolute Gasteiger partial charge is 0.348 e. The van der Waals surface area contributed by atoms with Crippen molar-refractivity contribution in [3.05, 3.63) is 64.5 Å². The number of benzene rings is 1. The molecule has 8 heteroatoms. The molecule has 0 saturated carbocycles. The van der Waals surface area contributed by atoms with Gasteiger partial charge < -0.3 is 14.4 Å². The van der Waals surface area contributed by atoms with E-state index < -0.39 is 0 Å². The van der Waals surface area contributed by atoms with Crippen molar-refractivity contribution in [2.24, 2.45) is 7.05 Å². The molecule has 1 fully saturated rings. The lowest BCUT2D eigenvalue weighted by molar-refractivity contribution is -0.130. The lowest BCUT2D eigenvalue weighted by Crippen LogP contribution is -2.51. The Morgan fingerprint density at radius 3 is 2.64 bits per heavy atom. The van der Waals surface area contributed by atoms with Crippen LogP contribution in [0.5, 0.6) is 0 Å². The van der Waals surface area contributed by atoms with E-state index in [9.17, 15) is 14.0 Å². The maximum absolute atomic E-state index is 13.8. The van der Waals surface area contributed by atoms with Gasteiger partial charge in [-0.25, -0.2) is 9.37 Å². The average molecular weight is 381 g/mol. The Balaban J connectivity index is 1.48. The highest BCUT2D eigenvalue weighted by molar-refractivity contribution is 5.79. The molecule has 3 heterocycles. The summed E-state index contributed by atoms with van der Waals surface area (Å²) < 4.78 is 15.3. The number of carbonyl (C=O) groups excluding carboxylic acids is 1. The number of aromatic nitrogens is 3. The third kappa shape index (κ3) is 3.33. The fourth-order valence-corrected chi connectivity index (χ4v) is 3.44. The number of hydrogen-bond donors (Lipinski definition) is 0. The number of hydrogen-bond acceptors (Lipinski definition) is 5. The van der Waals surface area contributed by atoms with Crippen molar-refractivity contribution in [3.8, 4) is 0 Å². The highest BCUT2D eigenvalue weighted by atomic mass is 19.1. The zero-order valence-electron chi connectivity index (χ0n) is 15.5. The number of carbonyl (C=O) groups is 1. The number of halogens is 1. The number of fused-ring (bicyclic) bond motifs is 1. The highest BCUT2D eigenvalue weighted by Crippen LogP contribution is 2.15. The minimum atomic E-state index is -0.368. The van der Waals surface area contributed by atoms with Crippen molar-refractivity contribution in [1.82, 2.24) is 19.4 Å². The summed E-state index contributed by atoms with van der Waals surface area (Å²) in [5.41, 5.74) is 1.58. The average Bonchev–Trinajstić information content (AvgIpc) is 2.72. The Labute approximate surface area is 161 Å². The van der Waals surface area contributed by atoms with Gasteiger partial charge in [-0.05, 0) is 17.7 Å². The van der Waals surface area contributed by atoms with Crippen LogP contribution in [0.4, 0.5) is 10.2 Å². The number of amides is 1. The van der Waals surface area contributed by atoms with E-state index in [1.54, 1.807) is 53.2 Å². The van der Waals surface area contributed by atoms with Gasteiger partial charge in [-0.1, -0.05) is 18.2 Å². The van der Waals surface area contributed by atoms with Crippen molar-refractivity contribution in [1.29, 1.82) is 0 Å². The molecule has 0 unspecified atom stereocenters. The quantitative estimate of drug-likeness (QED) is 0.685. The lowest BCUT2D eigenvalue weighted by atomic mass is 10.1. The van der Waals surface area contributed by atoms with Crippen LogP contribution in [-0.4, -0.2) is 51.5 Å². The summed E-state index contributed by atoms with van der Waals surface area (Å²) in [6.45, 7) is 1.93. The fraction of sp³-hybridized carbons (Fsp3) is 0.300. The number of nitrogens with zero attached hydrogens (tertiary/aromatic N) is 5. The predicted octanol–water partition coefficient (Wildman–Crippen LogP) is 1.36. The Hall–Kier alpha value is -3.29. The Morgan fingerprint density at radius 1 is 1.14 bits per heavy atom. The van der Waals surface area contributed by atoms with Gasteiger partial charge in [0.1, 0.15) is 5.82 Å². The van der Waals surface area contributed by atoms with Crippen LogP contribution < -0.4 is 10.5 Å². The summed E-state index contributed by atoms with van der Waals surface area (Å²) in [5.74, 6) is -0.106. The first-order valence-corrected chi connectivity index (χ1v) is 9.11. The zero-order chi connectivity index (χ0) is 19.7. The summed E-state index contributed by atoms with van der Waals surface area (Å²) in [6.07, 6.45) is 3.30. The summed E-state index contributed by atoms with van der Waals surface area (Å²) >= 11 is 0. The minimum Gasteiger partial charge on any atom is -0.348 e. The molecule has 0 N–H and O–H groups in total. The van der Waals surface area contributed by atoms with Gasteiger partial charge in [0.15, 0.2) is 5.82 Å². The molecule has 4 rings (SSSR count). The van der Waals surface area contributed by atoms with Crippen LogP contribution in [0.3, 0.4) is 0 Å². The molecule has 0 radical (unpaired) electrons. The second kappa shape index (κ2) is 7.38. The molecule has 144 valence electrons. The number of piperazine rings is 1. The summed E-state index contributed by atoms with van der Waals surface area (Å²) in [5, 5.41) is 0. The molecule has 0 aliphatic carbocycles. The molecule has 0 bridgehead atoms. The van der Waals surface area contributed by atoms with Crippen LogP contribution in [0.2, 0.25) is 0 Å². The molecule has 1 aliphatic rings. The molecule has 1 aromatic carbocycles. The minimum absolute atomic E-state index is 0.0374. The van der Waals surface area contributed by atoms with Gasteiger partial charge in [-0.2, -0.15) is 0 Å². The fourth-order valence-electron chi connectivity index (χ4n) is 3.44. The Bertz CT molecular complexity index is 1090. The Kier molecular flexibility index (Phi) is 4.77. The molecule has 1 saturated heterocycles. The van der Waals surface area contributed by atoms with Gasteiger partial charge in [0.2, 0.25) is 5.91 Å². The lowest BCUT2D eigenvalue weighted by Gasteiger charge is -2.35. The molecule has 2 aromatic heterocycles. The number of pyridine rings is 1. The van der Waals surface area contributed by atoms with E-state index in [1.807, 2.05) is 4.90 Å². The van der Waals surface area contributed by atoms with Crippen molar-refractivity contribution in [3.63, 3.8) is 0 Å². The third-order valence-electron chi connectivity index (χ3n) is 5.09. The highest BCUT2D eigenvalue weighted by Gasteiger charge is 2.24. The first-order valence-electron chi connectivity index (χ1n) is 9.11. The second-order valence-electron chi connectivity index (χ2n) is 6.80. The van der Waals surface area contributed by atoms with Crippen LogP contribution in [0.25, 0.3) is 11.0 Å². The van der Waals surface area contributed by atoms with E-state index in [2.05, 4.69) is 9.97 Å². The summed E-state index contributed by atoms with van der Waals surface area (Å²) in [6, 6.07) is 8.08. The van der Waals surface area contributed by atoms with E-state index in [0.29, 0.717) is 48.6 Å². The van der Waals surface area contributed by atoms with E-state index in [0.717, 1.165) is 0 Å². The number of aryl methyl sites for hydroxylation is 1. The van der Waals surface area contributed by atoms with Crippen LogP contribution in [0.1, 0.15) is 5.56 Å². The van der Waals surface area contributed by atoms with Crippen LogP contribution in [0, 0.1) is 5.82 Å². The van der Waals surface area contributed by atoms with E-state index in [4.69, 9.17) is 0 Å². The first kappa shape index (κ1) is 18.1. The van der Waals surface area contributed by atoms with Crippen molar-refractivity contribution in [2.75, 3.05) is 31.1 Å². The zero-order valence-corrected chi connectivity index (χ0v) is 15.5. The topological polar surface area (TPSA) is 71.3 Å². The van der Waals surface area contributed by atoms with Gasteiger partial charge in [-0.15, -0.1) is 0 Å². The molecule has 28 heavy (non-hydrogen) atoms. The Morgan fingerprint density at radius 2 is 1.89 bits per heavy atom. The molecular weight excluding hydrogens is 361 g/mol. The van der Waals surface area contributed by atoms with Crippen LogP contribution in [0.15, 0.2) is 47.5 Å². The maximum atomic E-state index is 13.8. The molecule has 0 atom stereocenters. The van der Waals surface area contributed by atoms with Crippen molar-refractivity contribution < 1.29 is 9.18 Å². The predicted molar refractivity (Wildman–Crippen MR) is 104 cm³/mol. The monoisotopic (exact) mass is 381 g/mol. The van der Waals surface area contributed by atoms with Crippen LogP contribution >= 0.6 is 0 Å². The van der Waals surface area contributed by atoms with Crippen LogP contribution in [-0.2, 0) is 18.3 Å². The molecule has 3 aromatic rings. The summed E-state index contributed by atoms with van der Waals surface area (Å²) in [4.78, 5) is 37.4. The smallest absolute Gasteiger partial charge is 0.293 e. The summed E-state index contributed by atoms with van der Waals surface area (Å²) in [7, 11) is 1.70. The molecule has 1 aliphatic heterocycles. The van der Waals surface area contributed by atoms with E-state index in [-0.39, 0.29) is 23.7 Å². The normalized spacial score (nSPS) is 14.5. The second-order valence-corrected chi connectivity index (χ2v) is 6.80. The van der Waals surface area contributed by atoms with E-state index in [1.165, 1.54) is 6.07 Å². The maximum Gasteiger partial charge on any atom is 0.293 e. The van der Waals surface area contributed by atoms with Crippen molar-refractivity contribution >= 4 is 22.8 Å². The van der Waals surface area contributed by atoms with Gasteiger partial charge in [0, 0.05) is 39.4 Å². The standard InChI is InChI=1S/C20H20FN5O2/c1-24-17-13-22-7-6-16(17)23-19(20(24)28)26-10-8-25(9-11-26)18(27)12-14-4-2-3-5-15(14)21/h2-7,13H,8-12H2,1H3. The first-order chi connectivity index (χ1) is 13.5. The third-order valence-corrected chi connectivity index (χ3v) is 5.09. The molecule has 1 amide bonds.